The van der Waals surface area contributed by atoms with Gasteiger partial charge in [-0.2, -0.15) is 4.39 Å². The Labute approximate surface area is 235 Å². The highest BCUT2D eigenvalue weighted by atomic mass is 32.1. The third-order valence-corrected chi connectivity index (χ3v) is 8.09. The Balaban J connectivity index is 1.08. The molecule has 4 aromatic rings. The van der Waals surface area contributed by atoms with Crippen LogP contribution < -0.4 is 15.5 Å². The molecular formula is C29H29FN6O3S. The van der Waals surface area contributed by atoms with Gasteiger partial charge in [0, 0.05) is 42.2 Å². The first-order valence-electron chi connectivity index (χ1n) is 13.4. The number of hydrogen-bond acceptors (Lipinski definition) is 7. The Hall–Kier alpha value is -4.25. The van der Waals surface area contributed by atoms with E-state index in [1.807, 2.05) is 29.6 Å². The topological polar surface area (TPSA) is 101 Å². The highest BCUT2D eigenvalue weighted by Crippen LogP contribution is 2.37. The number of amides is 2. The number of aromatic nitrogens is 3. The molecular weight excluding hydrogens is 531 g/mol. The van der Waals surface area contributed by atoms with Crippen molar-refractivity contribution in [1.82, 2.24) is 14.5 Å². The van der Waals surface area contributed by atoms with Gasteiger partial charge in [-0.05, 0) is 86.2 Å². The number of hydrogen-bond donors (Lipinski definition) is 2. The molecule has 0 bridgehead atoms. The number of carbonyl (C=O) groups excluding carboxylic acids is 2. The number of ether oxygens (including phenoxy) is 1. The summed E-state index contributed by atoms with van der Waals surface area (Å²) in [5.74, 6) is -0.828. The Morgan fingerprint density at radius 2 is 1.93 bits per heavy atom. The number of halogens is 1. The molecule has 40 heavy (non-hydrogen) atoms. The second-order valence-electron chi connectivity index (χ2n) is 10.0. The SMILES string of the molecule is O=C(Nc1ccc(N2CCC[C@@H]2c2csc(NC(=O)c3cccn3Cc3ccnc(F)c3)n2)cc1)OC1CCC1. The Bertz CT molecular complexity index is 1500. The van der Waals surface area contributed by atoms with E-state index in [9.17, 15) is 14.0 Å². The van der Waals surface area contributed by atoms with Gasteiger partial charge in [0.15, 0.2) is 5.13 Å². The van der Waals surface area contributed by atoms with Crippen LogP contribution in [0.4, 0.5) is 25.7 Å². The molecule has 206 valence electrons. The second kappa shape index (κ2) is 11.5. The molecule has 4 heterocycles. The van der Waals surface area contributed by atoms with Crippen molar-refractivity contribution in [1.29, 1.82) is 0 Å². The van der Waals surface area contributed by atoms with Crippen molar-refractivity contribution in [3.63, 3.8) is 0 Å². The number of pyridine rings is 1. The molecule has 1 saturated carbocycles. The Morgan fingerprint density at radius 3 is 2.70 bits per heavy atom. The van der Waals surface area contributed by atoms with Crippen LogP contribution >= 0.6 is 11.3 Å². The Morgan fingerprint density at radius 1 is 1.07 bits per heavy atom. The normalized spacial score (nSPS) is 16.9. The highest BCUT2D eigenvalue weighted by molar-refractivity contribution is 7.14. The molecule has 2 fully saturated rings. The van der Waals surface area contributed by atoms with E-state index in [2.05, 4.69) is 20.5 Å². The predicted molar refractivity (Wildman–Crippen MR) is 151 cm³/mol. The maximum atomic E-state index is 13.5. The molecule has 0 unspecified atom stereocenters. The monoisotopic (exact) mass is 560 g/mol. The molecule has 3 aromatic heterocycles. The summed E-state index contributed by atoms with van der Waals surface area (Å²) in [4.78, 5) is 35.7. The number of thiazole rings is 1. The van der Waals surface area contributed by atoms with Gasteiger partial charge in [0.05, 0.1) is 11.7 Å². The summed E-state index contributed by atoms with van der Waals surface area (Å²) in [6.45, 7) is 1.24. The van der Waals surface area contributed by atoms with Gasteiger partial charge in [0.2, 0.25) is 5.95 Å². The molecule has 6 rings (SSSR count). The van der Waals surface area contributed by atoms with Crippen molar-refractivity contribution in [2.75, 3.05) is 22.1 Å². The maximum Gasteiger partial charge on any atom is 0.411 e. The van der Waals surface area contributed by atoms with Crippen LogP contribution in [0.1, 0.15) is 59.9 Å². The Kier molecular flexibility index (Phi) is 7.45. The molecule has 2 aliphatic rings. The van der Waals surface area contributed by atoms with E-state index in [4.69, 9.17) is 9.72 Å². The number of rotatable bonds is 8. The minimum Gasteiger partial charge on any atom is -0.446 e. The summed E-state index contributed by atoms with van der Waals surface area (Å²) in [5.41, 5.74) is 3.83. The third-order valence-electron chi connectivity index (χ3n) is 7.31. The fraction of sp³-hybridized carbons (Fsp3) is 0.310. The van der Waals surface area contributed by atoms with Crippen molar-refractivity contribution < 1.29 is 18.7 Å². The molecule has 9 nitrogen and oxygen atoms in total. The van der Waals surface area contributed by atoms with Gasteiger partial charge in [-0.3, -0.25) is 15.4 Å². The number of benzene rings is 1. The largest absolute Gasteiger partial charge is 0.446 e. The average molecular weight is 561 g/mol. The van der Waals surface area contributed by atoms with Gasteiger partial charge in [-0.1, -0.05) is 0 Å². The summed E-state index contributed by atoms with van der Waals surface area (Å²) in [6.07, 6.45) is 7.80. The number of anilines is 3. The van der Waals surface area contributed by atoms with Crippen LogP contribution in [0.25, 0.3) is 0 Å². The van der Waals surface area contributed by atoms with Crippen molar-refractivity contribution in [2.24, 2.45) is 0 Å². The van der Waals surface area contributed by atoms with E-state index >= 15 is 0 Å². The van der Waals surface area contributed by atoms with Crippen LogP contribution in [0.15, 0.2) is 66.3 Å². The van der Waals surface area contributed by atoms with Crippen LogP contribution in [0.5, 0.6) is 0 Å². The maximum absolute atomic E-state index is 13.5. The first-order chi connectivity index (χ1) is 19.5. The molecule has 11 heteroatoms. The minimum atomic E-state index is -0.552. The molecule has 2 amide bonds. The van der Waals surface area contributed by atoms with E-state index in [1.54, 1.807) is 29.0 Å². The predicted octanol–water partition coefficient (Wildman–Crippen LogP) is 6.22. The molecule has 2 N–H and O–H groups in total. The van der Waals surface area contributed by atoms with E-state index in [1.165, 1.54) is 23.6 Å². The lowest BCUT2D eigenvalue weighted by Crippen LogP contribution is -2.27. The summed E-state index contributed by atoms with van der Waals surface area (Å²) in [6, 6.07) is 14.4. The zero-order chi connectivity index (χ0) is 27.5. The average Bonchev–Trinajstić information content (AvgIpc) is 3.68. The van der Waals surface area contributed by atoms with Crippen LogP contribution in [0, 0.1) is 5.95 Å². The zero-order valence-corrected chi connectivity index (χ0v) is 22.6. The van der Waals surface area contributed by atoms with Crippen LogP contribution in [0.3, 0.4) is 0 Å². The van der Waals surface area contributed by atoms with Crippen LogP contribution in [-0.2, 0) is 11.3 Å². The minimum absolute atomic E-state index is 0.0425. The first-order valence-corrected chi connectivity index (χ1v) is 14.3. The number of nitrogens with one attached hydrogen (secondary N) is 2. The van der Waals surface area contributed by atoms with Gasteiger partial charge in [0.25, 0.3) is 5.91 Å². The van der Waals surface area contributed by atoms with Crippen molar-refractivity contribution >= 4 is 39.8 Å². The smallest absolute Gasteiger partial charge is 0.411 e. The second-order valence-corrected chi connectivity index (χ2v) is 10.9. The van der Waals surface area contributed by atoms with Gasteiger partial charge in [-0.25, -0.2) is 14.8 Å². The van der Waals surface area contributed by atoms with E-state index in [0.29, 0.717) is 28.6 Å². The van der Waals surface area contributed by atoms with Gasteiger partial charge in [-0.15, -0.1) is 11.3 Å². The molecule has 1 saturated heterocycles. The standard InChI is InChI=1S/C29H29FN6O3S/c30-26-16-19(12-13-31-26)17-35-14-2-7-25(35)27(37)34-28-33-23(18-40-28)24-6-3-15-36(24)21-10-8-20(9-11-21)32-29(38)39-22-4-1-5-22/h2,7-14,16,18,22,24H,1,3-6,15,17H2,(H,32,38)(H,33,34,37)/t24-/m1/s1. The number of carbonyl (C=O) groups is 2. The fourth-order valence-electron chi connectivity index (χ4n) is 5.06. The van der Waals surface area contributed by atoms with Crippen molar-refractivity contribution in [2.45, 2.75) is 50.8 Å². The molecule has 1 aliphatic heterocycles. The van der Waals surface area contributed by atoms with Crippen molar-refractivity contribution in [3.8, 4) is 0 Å². The van der Waals surface area contributed by atoms with E-state index in [0.717, 1.165) is 50.0 Å². The lowest BCUT2D eigenvalue weighted by atomic mass is 9.96. The number of nitrogens with zero attached hydrogens (tertiary/aromatic N) is 4. The molecule has 1 aliphatic carbocycles. The van der Waals surface area contributed by atoms with E-state index < -0.39 is 12.0 Å². The molecule has 1 aromatic carbocycles. The van der Waals surface area contributed by atoms with Crippen LogP contribution in [-0.4, -0.2) is 39.2 Å². The first kappa shape index (κ1) is 26.0. The molecule has 0 radical (unpaired) electrons. The zero-order valence-electron chi connectivity index (χ0n) is 21.8. The summed E-state index contributed by atoms with van der Waals surface area (Å²) in [7, 11) is 0. The van der Waals surface area contributed by atoms with Gasteiger partial charge >= 0.3 is 6.09 Å². The third kappa shape index (κ3) is 5.84. The molecule has 0 spiro atoms. The van der Waals surface area contributed by atoms with E-state index in [-0.39, 0.29) is 18.1 Å². The molecule has 1 atom stereocenters. The highest BCUT2D eigenvalue weighted by Gasteiger charge is 2.29. The van der Waals surface area contributed by atoms with Gasteiger partial charge < -0.3 is 14.2 Å². The van der Waals surface area contributed by atoms with Crippen molar-refractivity contribution in [3.05, 3.63) is 89.2 Å². The van der Waals surface area contributed by atoms with Crippen LogP contribution in [0.2, 0.25) is 0 Å². The summed E-state index contributed by atoms with van der Waals surface area (Å²) >= 11 is 1.39. The van der Waals surface area contributed by atoms with Gasteiger partial charge in [0.1, 0.15) is 11.8 Å². The summed E-state index contributed by atoms with van der Waals surface area (Å²) in [5, 5.41) is 8.24. The lowest BCUT2D eigenvalue weighted by molar-refractivity contribution is 0.0624. The fourth-order valence-corrected chi connectivity index (χ4v) is 5.81. The summed E-state index contributed by atoms with van der Waals surface area (Å²) < 4.78 is 20.6. The quantitative estimate of drug-likeness (QED) is 0.248. The lowest BCUT2D eigenvalue weighted by Gasteiger charge is -2.26.